The Morgan fingerprint density at radius 1 is 0.526 bits per heavy atom. The standard InChI is InChI=1S/C51H32N4OS/c1-4-14-31(15-5-1)49-52-50(32-16-6-2-7-17-32)54-51(53-49)40-29-34(28-39-47-45(57-48(39)40)27-26-44-46(47)38-21-11-13-23-43(38)56-44)33-24-25-37-36-20-10-12-22-41(36)55(42(37)30-33)35-18-8-3-9-19-35/h1-11,13-21,23-30H,12,22H2. The summed E-state index contributed by atoms with van der Waals surface area (Å²) < 4.78 is 11.2. The van der Waals surface area contributed by atoms with Crippen molar-refractivity contribution >= 4 is 70.4 Å². The summed E-state index contributed by atoms with van der Waals surface area (Å²) in [6, 6.07) is 55.4. The van der Waals surface area contributed by atoms with E-state index in [0.717, 1.165) is 72.7 Å². The lowest BCUT2D eigenvalue weighted by atomic mass is 9.96. The minimum absolute atomic E-state index is 0.642. The van der Waals surface area contributed by atoms with Crippen LogP contribution in [-0.4, -0.2) is 19.5 Å². The summed E-state index contributed by atoms with van der Waals surface area (Å²) >= 11 is 1.78. The van der Waals surface area contributed by atoms with Gasteiger partial charge in [-0.1, -0.05) is 121 Å². The van der Waals surface area contributed by atoms with Crippen LogP contribution in [0.1, 0.15) is 17.7 Å². The van der Waals surface area contributed by atoms with E-state index < -0.39 is 0 Å². The van der Waals surface area contributed by atoms with Crippen LogP contribution in [0.4, 0.5) is 0 Å². The smallest absolute Gasteiger partial charge is 0.165 e. The molecule has 4 heterocycles. The fourth-order valence-corrected chi connectivity index (χ4v) is 9.92. The average molecular weight is 749 g/mol. The third-order valence-electron chi connectivity index (χ3n) is 11.3. The maximum atomic E-state index is 6.44. The van der Waals surface area contributed by atoms with Gasteiger partial charge in [-0.15, -0.1) is 11.3 Å². The molecular formula is C51H32N4OS. The van der Waals surface area contributed by atoms with Crippen molar-refractivity contribution in [2.45, 2.75) is 12.8 Å². The lowest BCUT2D eigenvalue weighted by molar-refractivity contribution is 0.669. The second-order valence-corrected chi connectivity index (χ2v) is 15.7. The highest BCUT2D eigenvalue weighted by molar-refractivity contribution is 7.26. The SMILES string of the molecule is C1=Cc2c(n(-c3ccccc3)c3cc(-c4cc(-c5nc(-c6ccccc6)nc(-c6ccccc6)n5)c5sc6ccc7oc8ccccc8c7c6c5c4)ccc23)CC1. The van der Waals surface area contributed by atoms with Crippen molar-refractivity contribution in [1.82, 2.24) is 19.5 Å². The van der Waals surface area contributed by atoms with Crippen molar-refractivity contribution in [2.75, 3.05) is 0 Å². The van der Waals surface area contributed by atoms with Crippen molar-refractivity contribution in [2.24, 2.45) is 0 Å². The topological polar surface area (TPSA) is 56.7 Å². The van der Waals surface area contributed by atoms with Gasteiger partial charge in [0.05, 0.1) is 5.52 Å². The normalized spacial score (nSPS) is 12.7. The zero-order chi connectivity index (χ0) is 37.5. The molecule has 0 spiro atoms. The van der Waals surface area contributed by atoms with Crippen LogP contribution in [0.5, 0.6) is 0 Å². The molecule has 0 fully saturated rings. The van der Waals surface area contributed by atoms with E-state index in [4.69, 9.17) is 19.4 Å². The summed E-state index contributed by atoms with van der Waals surface area (Å²) in [5, 5.41) is 5.86. The number of fused-ring (bicyclic) bond motifs is 10. The number of hydrogen-bond acceptors (Lipinski definition) is 5. The van der Waals surface area contributed by atoms with Gasteiger partial charge in [0, 0.05) is 70.0 Å². The van der Waals surface area contributed by atoms with Gasteiger partial charge < -0.3 is 8.98 Å². The van der Waals surface area contributed by atoms with Gasteiger partial charge in [-0.25, -0.2) is 15.0 Å². The largest absolute Gasteiger partial charge is 0.456 e. The van der Waals surface area contributed by atoms with E-state index in [0.29, 0.717) is 17.5 Å². The Morgan fingerprint density at radius 3 is 2.00 bits per heavy atom. The molecule has 0 atom stereocenters. The second-order valence-electron chi connectivity index (χ2n) is 14.7. The molecule has 7 aromatic carbocycles. The summed E-state index contributed by atoms with van der Waals surface area (Å²) in [5.41, 5.74) is 11.9. The number of aromatic nitrogens is 4. The molecule has 4 aromatic heterocycles. The van der Waals surface area contributed by atoms with Crippen LogP contribution in [0.25, 0.3) is 110 Å². The number of allylic oxidation sites excluding steroid dienone is 1. The van der Waals surface area contributed by atoms with Crippen LogP contribution in [0.2, 0.25) is 0 Å². The van der Waals surface area contributed by atoms with Crippen LogP contribution in [0.15, 0.2) is 168 Å². The molecule has 11 aromatic rings. The van der Waals surface area contributed by atoms with Crippen LogP contribution >= 0.6 is 11.3 Å². The van der Waals surface area contributed by atoms with E-state index in [-0.39, 0.29) is 0 Å². The average Bonchev–Trinajstić information content (AvgIpc) is 3.96. The lowest BCUT2D eigenvalue weighted by Gasteiger charge is -2.14. The molecule has 1 aliphatic rings. The first kappa shape index (κ1) is 32.1. The van der Waals surface area contributed by atoms with Gasteiger partial charge in [0.2, 0.25) is 0 Å². The zero-order valence-corrected chi connectivity index (χ0v) is 31.5. The van der Waals surface area contributed by atoms with E-state index in [1.807, 2.05) is 42.5 Å². The van der Waals surface area contributed by atoms with Crippen molar-refractivity contribution in [3.05, 3.63) is 175 Å². The summed E-state index contributed by atoms with van der Waals surface area (Å²) in [5.74, 6) is 1.93. The molecule has 268 valence electrons. The summed E-state index contributed by atoms with van der Waals surface area (Å²) in [7, 11) is 0. The molecule has 0 unspecified atom stereocenters. The highest BCUT2D eigenvalue weighted by Gasteiger charge is 2.23. The Balaban J connectivity index is 1.18. The summed E-state index contributed by atoms with van der Waals surface area (Å²) in [6.45, 7) is 0. The second kappa shape index (κ2) is 12.7. The third-order valence-corrected chi connectivity index (χ3v) is 12.5. The fraction of sp³-hybridized carbons (Fsp3) is 0.0392. The number of hydrogen-bond donors (Lipinski definition) is 0. The molecule has 0 saturated heterocycles. The van der Waals surface area contributed by atoms with Gasteiger partial charge in [0.15, 0.2) is 17.5 Å². The third kappa shape index (κ3) is 5.11. The molecule has 12 rings (SSSR count). The lowest BCUT2D eigenvalue weighted by Crippen LogP contribution is -2.02. The van der Waals surface area contributed by atoms with Crippen molar-refractivity contribution in [3.8, 4) is 51.0 Å². The first-order chi connectivity index (χ1) is 28.2. The first-order valence-corrected chi connectivity index (χ1v) is 20.1. The van der Waals surface area contributed by atoms with Crippen molar-refractivity contribution in [1.29, 1.82) is 0 Å². The van der Waals surface area contributed by atoms with E-state index >= 15 is 0 Å². The van der Waals surface area contributed by atoms with E-state index in [9.17, 15) is 0 Å². The van der Waals surface area contributed by atoms with Gasteiger partial charge in [-0.2, -0.15) is 0 Å². The number of rotatable bonds is 5. The van der Waals surface area contributed by atoms with Crippen molar-refractivity contribution < 1.29 is 4.42 Å². The van der Waals surface area contributed by atoms with Gasteiger partial charge in [0.1, 0.15) is 11.2 Å². The summed E-state index contributed by atoms with van der Waals surface area (Å²) in [6.07, 6.45) is 6.64. The highest BCUT2D eigenvalue weighted by Crippen LogP contribution is 2.47. The molecule has 0 N–H and O–H groups in total. The quantitative estimate of drug-likeness (QED) is 0.176. The van der Waals surface area contributed by atoms with Crippen LogP contribution in [0, 0.1) is 0 Å². The van der Waals surface area contributed by atoms with E-state index in [1.54, 1.807) is 11.3 Å². The molecule has 0 saturated carbocycles. The predicted octanol–water partition coefficient (Wildman–Crippen LogP) is 13.7. The molecule has 1 aliphatic carbocycles. The van der Waals surface area contributed by atoms with Crippen LogP contribution in [-0.2, 0) is 6.42 Å². The Kier molecular flexibility index (Phi) is 7.16. The number of nitrogens with zero attached hydrogens (tertiary/aromatic N) is 4. The van der Waals surface area contributed by atoms with Gasteiger partial charge in [0.25, 0.3) is 0 Å². The van der Waals surface area contributed by atoms with Crippen LogP contribution < -0.4 is 0 Å². The summed E-state index contributed by atoms with van der Waals surface area (Å²) in [4.78, 5) is 15.6. The molecule has 0 aliphatic heterocycles. The van der Waals surface area contributed by atoms with Crippen molar-refractivity contribution in [3.63, 3.8) is 0 Å². The molecule has 0 radical (unpaired) electrons. The Morgan fingerprint density at radius 2 is 1.23 bits per heavy atom. The Labute approximate surface area is 331 Å². The number of benzene rings is 7. The van der Waals surface area contributed by atoms with E-state index in [2.05, 4.69) is 132 Å². The number of thiophene rings is 1. The predicted molar refractivity (Wildman–Crippen MR) is 236 cm³/mol. The molecule has 0 amide bonds. The minimum atomic E-state index is 0.642. The molecule has 0 bridgehead atoms. The highest BCUT2D eigenvalue weighted by atomic mass is 32.1. The maximum Gasteiger partial charge on any atom is 0.165 e. The number of para-hydroxylation sites is 2. The first-order valence-electron chi connectivity index (χ1n) is 19.3. The van der Waals surface area contributed by atoms with Gasteiger partial charge in [-0.05, 0) is 72.5 Å². The van der Waals surface area contributed by atoms with Gasteiger partial charge in [-0.3, -0.25) is 0 Å². The number of furan rings is 1. The monoisotopic (exact) mass is 748 g/mol. The molecular weight excluding hydrogens is 717 g/mol. The fourth-order valence-electron chi connectivity index (χ4n) is 8.72. The minimum Gasteiger partial charge on any atom is -0.456 e. The van der Waals surface area contributed by atoms with Gasteiger partial charge >= 0.3 is 0 Å². The van der Waals surface area contributed by atoms with E-state index in [1.165, 1.54) is 37.9 Å². The molecule has 5 nitrogen and oxygen atoms in total. The molecule has 57 heavy (non-hydrogen) atoms. The molecule has 6 heteroatoms. The zero-order valence-electron chi connectivity index (χ0n) is 30.7. The van der Waals surface area contributed by atoms with Crippen LogP contribution in [0.3, 0.4) is 0 Å². The Hall–Kier alpha value is -7.15. The maximum absolute atomic E-state index is 6.44. The Bertz CT molecular complexity index is 3340.